The molecule has 0 saturated heterocycles. The Morgan fingerprint density at radius 3 is 2.52 bits per heavy atom. The van der Waals surface area contributed by atoms with E-state index >= 15 is 0 Å². The molecule has 9 heteroatoms. The smallest absolute Gasteiger partial charge is 0.347 e. The number of hydrogen-bond donors (Lipinski definition) is 1. The normalized spacial score (nSPS) is 11.9. The van der Waals surface area contributed by atoms with E-state index in [-0.39, 0.29) is 16.4 Å². The second-order valence-electron chi connectivity index (χ2n) is 4.37. The van der Waals surface area contributed by atoms with Gasteiger partial charge in [0.25, 0.3) is 0 Å². The van der Waals surface area contributed by atoms with Crippen molar-refractivity contribution in [3.8, 4) is 0 Å². The van der Waals surface area contributed by atoms with Gasteiger partial charge in [0, 0.05) is 6.04 Å². The Kier molecular flexibility index (Phi) is 5.87. The monoisotopic (exact) mass is 335 g/mol. The zero-order chi connectivity index (χ0) is 16.2. The summed E-state index contributed by atoms with van der Waals surface area (Å²) in [6.45, 7) is 4.51. The molecule has 118 valence electrons. The Hall–Kier alpha value is -1.45. The highest BCUT2D eigenvalue weighted by atomic mass is 32.2. The maximum absolute atomic E-state index is 12.6. The highest BCUT2D eigenvalue weighted by Gasteiger charge is 2.33. The molecule has 0 bridgehead atoms. The second-order valence-corrected chi connectivity index (χ2v) is 7.14. The summed E-state index contributed by atoms with van der Waals surface area (Å²) in [4.78, 5) is 22.1. The van der Waals surface area contributed by atoms with Gasteiger partial charge in [-0.2, -0.15) is 4.31 Å². The van der Waals surface area contributed by atoms with Crippen LogP contribution in [0.5, 0.6) is 0 Å². The molecule has 0 atom stereocenters. The first-order valence-electron chi connectivity index (χ1n) is 6.20. The SMILES string of the molecule is CCOC(=O)CN(C(C)C)S(=O)(=O)c1ccsc1C(=O)O. The summed E-state index contributed by atoms with van der Waals surface area (Å²) >= 11 is 0.821. The van der Waals surface area contributed by atoms with E-state index in [4.69, 9.17) is 9.84 Å². The summed E-state index contributed by atoms with van der Waals surface area (Å²) < 4.78 is 30.8. The van der Waals surface area contributed by atoms with Crippen LogP contribution in [0.1, 0.15) is 30.4 Å². The molecule has 0 spiro atoms. The van der Waals surface area contributed by atoms with Gasteiger partial charge in [-0.3, -0.25) is 4.79 Å². The third-order valence-electron chi connectivity index (χ3n) is 2.58. The highest BCUT2D eigenvalue weighted by Crippen LogP contribution is 2.26. The first kappa shape index (κ1) is 17.6. The van der Waals surface area contributed by atoms with Gasteiger partial charge in [-0.25, -0.2) is 13.2 Å². The van der Waals surface area contributed by atoms with E-state index in [0.717, 1.165) is 15.6 Å². The number of esters is 1. The van der Waals surface area contributed by atoms with E-state index in [2.05, 4.69) is 0 Å². The molecule has 0 saturated carbocycles. The lowest BCUT2D eigenvalue weighted by atomic mass is 10.4. The van der Waals surface area contributed by atoms with Crippen molar-refractivity contribution < 1.29 is 27.9 Å². The summed E-state index contributed by atoms with van der Waals surface area (Å²) in [5.74, 6) is -2.00. The molecule has 1 N–H and O–H groups in total. The molecule has 7 nitrogen and oxygen atoms in total. The predicted octanol–water partition coefficient (Wildman–Crippen LogP) is 1.41. The van der Waals surface area contributed by atoms with E-state index in [1.807, 2.05) is 0 Å². The minimum atomic E-state index is -4.08. The maximum Gasteiger partial charge on any atom is 0.347 e. The minimum Gasteiger partial charge on any atom is -0.477 e. The van der Waals surface area contributed by atoms with E-state index < -0.39 is 34.5 Å². The maximum atomic E-state index is 12.6. The fourth-order valence-corrected chi connectivity index (χ4v) is 4.48. The standard InChI is InChI=1S/C12H17NO6S2/c1-4-19-10(14)7-13(8(2)3)21(17,18)9-5-6-20-11(9)12(15)16/h5-6,8H,4,7H2,1-3H3,(H,15,16). The topological polar surface area (TPSA) is 101 Å². The molecule has 1 aromatic heterocycles. The molecule has 0 amide bonds. The molecular weight excluding hydrogens is 318 g/mol. The predicted molar refractivity (Wildman–Crippen MR) is 76.9 cm³/mol. The number of ether oxygens (including phenoxy) is 1. The largest absolute Gasteiger partial charge is 0.477 e. The van der Waals surface area contributed by atoms with Gasteiger partial charge < -0.3 is 9.84 Å². The molecule has 0 fully saturated rings. The minimum absolute atomic E-state index is 0.143. The van der Waals surface area contributed by atoms with Gasteiger partial charge in [-0.05, 0) is 32.2 Å². The quantitative estimate of drug-likeness (QED) is 0.756. The van der Waals surface area contributed by atoms with E-state index in [0.29, 0.717) is 0 Å². The number of nitrogens with zero attached hydrogens (tertiary/aromatic N) is 1. The van der Waals surface area contributed by atoms with Gasteiger partial charge in [0.05, 0.1) is 6.61 Å². The van der Waals surface area contributed by atoms with Crippen LogP contribution in [0.25, 0.3) is 0 Å². The zero-order valence-corrected chi connectivity index (χ0v) is 13.5. The number of carboxylic acids is 1. The van der Waals surface area contributed by atoms with E-state index in [1.165, 1.54) is 11.4 Å². The molecule has 0 aliphatic heterocycles. The Morgan fingerprint density at radius 1 is 1.43 bits per heavy atom. The Labute approximate surface area is 127 Å². The lowest BCUT2D eigenvalue weighted by Gasteiger charge is -2.24. The highest BCUT2D eigenvalue weighted by molar-refractivity contribution is 7.89. The van der Waals surface area contributed by atoms with Gasteiger partial charge in [0.15, 0.2) is 0 Å². The van der Waals surface area contributed by atoms with Crippen molar-refractivity contribution in [2.45, 2.75) is 31.7 Å². The van der Waals surface area contributed by atoms with Crippen LogP contribution in [0.4, 0.5) is 0 Å². The average Bonchev–Trinajstić information content (AvgIpc) is 2.85. The second kappa shape index (κ2) is 7.01. The number of carbonyl (C=O) groups is 2. The molecular formula is C12H17NO6S2. The summed E-state index contributed by atoms with van der Waals surface area (Å²) in [5, 5.41) is 10.4. The number of thiophene rings is 1. The summed E-state index contributed by atoms with van der Waals surface area (Å²) in [5.41, 5.74) is 0. The molecule has 1 rings (SSSR count). The van der Waals surface area contributed by atoms with Gasteiger partial charge in [-0.15, -0.1) is 11.3 Å². The molecule has 21 heavy (non-hydrogen) atoms. The number of aromatic carboxylic acids is 1. The number of carboxylic acid groups (broad SMARTS) is 1. The Bertz CT molecular complexity index is 619. The first-order valence-corrected chi connectivity index (χ1v) is 8.52. The van der Waals surface area contributed by atoms with Crippen LogP contribution < -0.4 is 0 Å². The van der Waals surface area contributed by atoms with Crippen LogP contribution in [0, 0.1) is 0 Å². The number of carbonyl (C=O) groups excluding carboxylic acids is 1. The van der Waals surface area contributed by atoms with Crippen molar-refractivity contribution in [1.82, 2.24) is 4.31 Å². The average molecular weight is 335 g/mol. The molecule has 1 aromatic rings. The van der Waals surface area contributed by atoms with Crippen LogP contribution in [0.2, 0.25) is 0 Å². The lowest BCUT2D eigenvalue weighted by molar-refractivity contribution is -0.143. The fraction of sp³-hybridized carbons (Fsp3) is 0.500. The van der Waals surface area contributed by atoms with E-state index in [1.54, 1.807) is 20.8 Å². The van der Waals surface area contributed by atoms with E-state index in [9.17, 15) is 18.0 Å². The van der Waals surface area contributed by atoms with Crippen LogP contribution in [-0.2, 0) is 19.6 Å². The molecule has 0 radical (unpaired) electrons. The lowest BCUT2D eigenvalue weighted by Crippen LogP contribution is -2.41. The Morgan fingerprint density at radius 2 is 2.05 bits per heavy atom. The van der Waals surface area contributed by atoms with Crippen molar-refractivity contribution in [3.63, 3.8) is 0 Å². The molecule has 0 unspecified atom stereocenters. The van der Waals surface area contributed by atoms with Crippen LogP contribution in [0.3, 0.4) is 0 Å². The van der Waals surface area contributed by atoms with Gasteiger partial charge in [0.2, 0.25) is 10.0 Å². The number of sulfonamides is 1. The first-order chi connectivity index (χ1) is 9.71. The zero-order valence-electron chi connectivity index (χ0n) is 11.9. The van der Waals surface area contributed by atoms with Crippen molar-refractivity contribution in [2.24, 2.45) is 0 Å². The molecule has 1 heterocycles. The summed E-state index contributed by atoms with van der Waals surface area (Å²) in [6, 6.07) is 0.713. The number of hydrogen-bond acceptors (Lipinski definition) is 6. The fourth-order valence-electron chi connectivity index (χ4n) is 1.66. The van der Waals surface area contributed by atoms with Crippen molar-refractivity contribution in [1.29, 1.82) is 0 Å². The third-order valence-corrected chi connectivity index (χ3v) is 5.67. The summed E-state index contributed by atoms with van der Waals surface area (Å²) in [7, 11) is -4.08. The van der Waals surface area contributed by atoms with Crippen molar-refractivity contribution >= 4 is 33.3 Å². The summed E-state index contributed by atoms with van der Waals surface area (Å²) in [6.07, 6.45) is 0. The number of rotatable bonds is 7. The molecule has 0 aromatic carbocycles. The third kappa shape index (κ3) is 4.02. The van der Waals surface area contributed by atoms with Gasteiger partial charge in [0.1, 0.15) is 16.3 Å². The Balaban J connectivity index is 3.19. The van der Waals surface area contributed by atoms with Crippen LogP contribution in [0.15, 0.2) is 16.3 Å². The molecule has 0 aliphatic carbocycles. The van der Waals surface area contributed by atoms with Gasteiger partial charge >= 0.3 is 11.9 Å². The van der Waals surface area contributed by atoms with Crippen LogP contribution in [-0.4, -0.2) is 49.0 Å². The van der Waals surface area contributed by atoms with Crippen molar-refractivity contribution in [2.75, 3.05) is 13.2 Å². The van der Waals surface area contributed by atoms with Crippen molar-refractivity contribution in [3.05, 3.63) is 16.3 Å². The van der Waals surface area contributed by atoms with Crippen LogP contribution >= 0.6 is 11.3 Å². The van der Waals surface area contributed by atoms with Gasteiger partial charge in [-0.1, -0.05) is 0 Å². The molecule has 0 aliphatic rings.